The van der Waals surface area contributed by atoms with Crippen LogP contribution >= 0.6 is 0 Å². The standard InChI is InChI=1S/C16H18N2O3/c1-10-7-12(8-13(15(10)17)16(20)21)18-9-14(19)11-5-3-2-4-6-11/h2-8,14,18-19H,9,17H2,1H3,(H,20,21). The molecular formula is C16H18N2O3. The molecule has 110 valence electrons. The smallest absolute Gasteiger partial charge is 0.337 e. The Morgan fingerprint density at radius 1 is 1.29 bits per heavy atom. The van der Waals surface area contributed by atoms with E-state index in [1.54, 1.807) is 13.0 Å². The molecule has 0 aliphatic carbocycles. The maximum Gasteiger partial charge on any atom is 0.337 e. The first-order valence-corrected chi connectivity index (χ1v) is 6.59. The number of aliphatic hydroxyl groups is 1. The number of aromatic carboxylic acids is 1. The highest BCUT2D eigenvalue weighted by molar-refractivity contribution is 5.95. The largest absolute Gasteiger partial charge is 0.478 e. The van der Waals surface area contributed by atoms with Gasteiger partial charge in [-0.15, -0.1) is 0 Å². The molecule has 5 N–H and O–H groups in total. The van der Waals surface area contributed by atoms with Gasteiger partial charge < -0.3 is 21.3 Å². The van der Waals surface area contributed by atoms with Crippen molar-refractivity contribution in [3.8, 4) is 0 Å². The number of aryl methyl sites for hydroxylation is 1. The van der Waals surface area contributed by atoms with E-state index >= 15 is 0 Å². The fourth-order valence-electron chi connectivity index (χ4n) is 2.08. The summed E-state index contributed by atoms with van der Waals surface area (Å²) >= 11 is 0. The summed E-state index contributed by atoms with van der Waals surface area (Å²) in [6, 6.07) is 12.5. The molecule has 0 spiro atoms. The molecule has 2 aromatic carbocycles. The van der Waals surface area contributed by atoms with E-state index in [9.17, 15) is 9.90 Å². The van der Waals surface area contributed by atoms with Crippen molar-refractivity contribution in [2.75, 3.05) is 17.6 Å². The first kappa shape index (κ1) is 14.9. The van der Waals surface area contributed by atoms with Gasteiger partial charge in [-0.3, -0.25) is 0 Å². The third-order valence-corrected chi connectivity index (χ3v) is 3.30. The molecule has 2 aromatic rings. The van der Waals surface area contributed by atoms with Gasteiger partial charge in [-0.1, -0.05) is 30.3 Å². The summed E-state index contributed by atoms with van der Waals surface area (Å²) in [5.74, 6) is -1.07. The minimum Gasteiger partial charge on any atom is -0.478 e. The van der Waals surface area contributed by atoms with Crippen molar-refractivity contribution < 1.29 is 15.0 Å². The Kier molecular flexibility index (Phi) is 4.45. The first-order valence-electron chi connectivity index (χ1n) is 6.59. The number of hydrogen-bond donors (Lipinski definition) is 4. The van der Waals surface area contributed by atoms with Crippen molar-refractivity contribution in [1.29, 1.82) is 0 Å². The molecule has 2 rings (SSSR count). The number of rotatable bonds is 5. The van der Waals surface area contributed by atoms with Crippen LogP contribution in [-0.2, 0) is 0 Å². The monoisotopic (exact) mass is 286 g/mol. The molecule has 0 aliphatic rings. The van der Waals surface area contributed by atoms with E-state index in [4.69, 9.17) is 10.8 Å². The zero-order valence-corrected chi connectivity index (χ0v) is 11.7. The lowest BCUT2D eigenvalue weighted by molar-refractivity contribution is 0.0698. The number of carboxylic acids is 1. The van der Waals surface area contributed by atoms with Crippen LogP contribution in [0.25, 0.3) is 0 Å². The van der Waals surface area contributed by atoms with Gasteiger partial charge in [0.15, 0.2) is 0 Å². The minimum absolute atomic E-state index is 0.0618. The maximum absolute atomic E-state index is 11.1. The molecule has 1 unspecified atom stereocenters. The van der Waals surface area contributed by atoms with Crippen molar-refractivity contribution in [2.45, 2.75) is 13.0 Å². The van der Waals surface area contributed by atoms with Crippen LogP contribution in [0.1, 0.15) is 27.6 Å². The van der Waals surface area contributed by atoms with Gasteiger partial charge in [0.25, 0.3) is 0 Å². The Morgan fingerprint density at radius 2 is 1.95 bits per heavy atom. The van der Waals surface area contributed by atoms with Crippen LogP contribution in [0, 0.1) is 6.92 Å². The predicted molar refractivity (Wildman–Crippen MR) is 82.4 cm³/mol. The Bertz CT molecular complexity index is 641. The molecule has 5 heteroatoms. The number of aliphatic hydroxyl groups excluding tert-OH is 1. The van der Waals surface area contributed by atoms with Gasteiger partial charge in [-0.25, -0.2) is 4.79 Å². The highest BCUT2D eigenvalue weighted by atomic mass is 16.4. The molecule has 0 aliphatic heterocycles. The number of carboxylic acid groups (broad SMARTS) is 1. The van der Waals surface area contributed by atoms with E-state index in [0.29, 0.717) is 11.3 Å². The molecule has 0 saturated carbocycles. The van der Waals surface area contributed by atoms with E-state index in [0.717, 1.165) is 5.56 Å². The van der Waals surface area contributed by atoms with Gasteiger partial charge in [-0.2, -0.15) is 0 Å². The molecule has 21 heavy (non-hydrogen) atoms. The van der Waals surface area contributed by atoms with Crippen molar-refractivity contribution in [3.63, 3.8) is 0 Å². The number of benzene rings is 2. The van der Waals surface area contributed by atoms with E-state index in [1.807, 2.05) is 30.3 Å². The van der Waals surface area contributed by atoms with Crippen LogP contribution in [0.5, 0.6) is 0 Å². The van der Waals surface area contributed by atoms with Crippen molar-refractivity contribution >= 4 is 17.3 Å². The van der Waals surface area contributed by atoms with Crippen LogP contribution in [0.4, 0.5) is 11.4 Å². The second-order valence-electron chi connectivity index (χ2n) is 4.87. The van der Waals surface area contributed by atoms with Gasteiger partial charge in [0.05, 0.1) is 11.7 Å². The number of nitrogens with one attached hydrogen (secondary N) is 1. The summed E-state index contributed by atoms with van der Waals surface area (Å²) in [7, 11) is 0. The Balaban J connectivity index is 2.12. The fraction of sp³-hybridized carbons (Fsp3) is 0.188. The molecule has 1 atom stereocenters. The van der Waals surface area contributed by atoms with Crippen LogP contribution < -0.4 is 11.1 Å². The van der Waals surface area contributed by atoms with Gasteiger partial charge in [0.1, 0.15) is 0 Å². The molecular weight excluding hydrogens is 268 g/mol. The molecule has 0 amide bonds. The first-order chi connectivity index (χ1) is 9.99. The van der Waals surface area contributed by atoms with Crippen molar-refractivity contribution in [3.05, 3.63) is 59.2 Å². The van der Waals surface area contributed by atoms with E-state index in [2.05, 4.69) is 5.32 Å². The summed E-state index contributed by atoms with van der Waals surface area (Å²) in [6.45, 7) is 2.03. The lowest BCUT2D eigenvalue weighted by atomic mass is 10.1. The fourth-order valence-corrected chi connectivity index (χ4v) is 2.08. The molecule has 0 heterocycles. The average Bonchev–Trinajstić information content (AvgIpc) is 2.48. The molecule has 0 radical (unpaired) electrons. The number of anilines is 2. The van der Waals surface area contributed by atoms with Crippen LogP contribution in [0.15, 0.2) is 42.5 Å². The van der Waals surface area contributed by atoms with E-state index in [-0.39, 0.29) is 17.8 Å². The highest BCUT2D eigenvalue weighted by Crippen LogP contribution is 2.23. The quantitative estimate of drug-likeness (QED) is 0.633. The SMILES string of the molecule is Cc1cc(NCC(O)c2ccccc2)cc(C(=O)O)c1N. The van der Waals surface area contributed by atoms with Gasteiger partial charge in [0, 0.05) is 17.9 Å². The number of nitrogens with two attached hydrogens (primary N) is 1. The topological polar surface area (TPSA) is 95.6 Å². The molecule has 0 bridgehead atoms. The molecule has 0 fully saturated rings. The van der Waals surface area contributed by atoms with E-state index in [1.165, 1.54) is 6.07 Å². The molecule has 0 saturated heterocycles. The maximum atomic E-state index is 11.1. The highest BCUT2D eigenvalue weighted by Gasteiger charge is 2.13. The summed E-state index contributed by atoms with van der Waals surface area (Å²) in [6.07, 6.45) is -0.669. The van der Waals surface area contributed by atoms with E-state index < -0.39 is 12.1 Å². The van der Waals surface area contributed by atoms with Crippen LogP contribution in [-0.4, -0.2) is 22.7 Å². The average molecular weight is 286 g/mol. The van der Waals surface area contributed by atoms with Gasteiger partial charge in [-0.05, 0) is 30.2 Å². The second-order valence-corrected chi connectivity index (χ2v) is 4.87. The van der Waals surface area contributed by atoms with Crippen LogP contribution in [0.3, 0.4) is 0 Å². The van der Waals surface area contributed by atoms with Gasteiger partial charge >= 0.3 is 5.97 Å². The summed E-state index contributed by atoms with van der Waals surface area (Å²) in [5, 5.41) is 22.2. The Morgan fingerprint density at radius 3 is 2.57 bits per heavy atom. The zero-order valence-electron chi connectivity index (χ0n) is 11.7. The summed E-state index contributed by atoms with van der Waals surface area (Å²) in [4.78, 5) is 11.1. The Hall–Kier alpha value is -2.53. The van der Waals surface area contributed by atoms with Crippen molar-refractivity contribution in [2.24, 2.45) is 0 Å². The third kappa shape index (κ3) is 3.52. The Labute approximate surface area is 123 Å². The lowest BCUT2D eigenvalue weighted by Crippen LogP contribution is -2.13. The number of carbonyl (C=O) groups is 1. The molecule has 5 nitrogen and oxygen atoms in total. The summed E-state index contributed by atoms with van der Waals surface area (Å²) in [5.41, 5.74) is 8.17. The molecule has 0 aromatic heterocycles. The number of hydrogen-bond acceptors (Lipinski definition) is 4. The zero-order chi connectivity index (χ0) is 15.4. The normalized spacial score (nSPS) is 11.9. The summed E-state index contributed by atoms with van der Waals surface area (Å²) < 4.78 is 0. The lowest BCUT2D eigenvalue weighted by Gasteiger charge is -2.15. The third-order valence-electron chi connectivity index (χ3n) is 3.30. The second kappa shape index (κ2) is 6.28. The van der Waals surface area contributed by atoms with Gasteiger partial charge in [0.2, 0.25) is 0 Å². The van der Waals surface area contributed by atoms with Crippen LogP contribution in [0.2, 0.25) is 0 Å². The predicted octanol–water partition coefficient (Wildman–Crippen LogP) is 2.42. The minimum atomic E-state index is -1.07. The van der Waals surface area contributed by atoms with Crippen molar-refractivity contribution in [1.82, 2.24) is 0 Å². The number of nitrogen functional groups attached to an aromatic ring is 1.